The maximum atomic E-state index is 12.9. The van der Waals surface area contributed by atoms with Crippen molar-refractivity contribution in [3.05, 3.63) is 29.6 Å². The van der Waals surface area contributed by atoms with Gasteiger partial charge < -0.3 is 9.84 Å². The Kier molecular flexibility index (Phi) is 2.91. The van der Waals surface area contributed by atoms with Gasteiger partial charge in [-0.3, -0.25) is 0 Å². The van der Waals surface area contributed by atoms with E-state index in [0.29, 0.717) is 12.2 Å². The van der Waals surface area contributed by atoms with Crippen LogP contribution in [0, 0.1) is 5.82 Å². The summed E-state index contributed by atoms with van der Waals surface area (Å²) in [5, 5.41) is 9.66. The molecule has 1 heterocycles. The van der Waals surface area contributed by atoms with E-state index >= 15 is 0 Å². The van der Waals surface area contributed by atoms with Gasteiger partial charge >= 0.3 is 0 Å². The Morgan fingerprint density at radius 1 is 1.60 bits per heavy atom. The molecule has 1 aliphatic rings. The number of hydrogen-bond donors (Lipinski definition) is 1. The summed E-state index contributed by atoms with van der Waals surface area (Å²) in [6.45, 7) is 1.92. The first-order chi connectivity index (χ1) is 7.20. The van der Waals surface area contributed by atoms with Crippen molar-refractivity contribution in [2.75, 3.05) is 0 Å². The molecule has 0 aliphatic carbocycles. The topological polar surface area (TPSA) is 29.5 Å². The van der Waals surface area contributed by atoms with E-state index < -0.39 is 6.10 Å². The van der Waals surface area contributed by atoms with Crippen molar-refractivity contribution >= 4 is 0 Å². The minimum absolute atomic E-state index is 0.145. The smallest absolute Gasteiger partial charge is 0.125 e. The van der Waals surface area contributed by atoms with Gasteiger partial charge in [-0.2, -0.15) is 0 Å². The van der Waals surface area contributed by atoms with Crippen LogP contribution in [-0.2, 0) is 6.42 Å². The first-order valence-corrected chi connectivity index (χ1v) is 5.34. The Bertz CT molecular complexity index is 351. The lowest BCUT2D eigenvalue weighted by atomic mass is 9.98. The molecular weight excluding hydrogens is 195 g/mol. The molecule has 0 bridgehead atoms. The SMILES string of the molecule is CC[C@@H](O)[C@@H]1CCc2cc(F)ccc2O1. The highest BCUT2D eigenvalue weighted by atomic mass is 19.1. The average Bonchev–Trinajstić information content (AvgIpc) is 2.27. The van der Waals surface area contributed by atoms with E-state index in [1.54, 1.807) is 6.07 Å². The van der Waals surface area contributed by atoms with Crippen molar-refractivity contribution in [2.45, 2.75) is 38.4 Å². The standard InChI is InChI=1S/C12H15FO2/c1-2-10(14)12-5-3-8-7-9(13)4-6-11(8)15-12/h4,6-7,10,12,14H,2-3,5H2,1H3/t10-,12+/m1/s1. The molecule has 0 radical (unpaired) electrons. The number of fused-ring (bicyclic) bond motifs is 1. The van der Waals surface area contributed by atoms with Gasteiger partial charge in [0, 0.05) is 0 Å². The molecule has 82 valence electrons. The second-order valence-corrected chi connectivity index (χ2v) is 3.92. The zero-order valence-corrected chi connectivity index (χ0v) is 8.74. The van der Waals surface area contributed by atoms with Gasteiger partial charge in [0.05, 0.1) is 6.10 Å². The summed E-state index contributed by atoms with van der Waals surface area (Å²) in [4.78, 5) is 0. The molecule has 1 aromatic carbocycles. The van der Waals surface area contributed by atoms with Gasteiger partial charge in [0.2, 0.25) is 0 Å². The molecule has 1 aliphatic heterocycles. The van der Waals surface area contributed by atoms with E-state index in [-0.39, 0.29) is 11.9 Å². The Balaban J connectivity index is 2.16. The zero-order valence-electron chi connectivity index (χ0n) is 8.74. The number of ether oxygens (including phenoxy) is 1. The third-order valence-electron chi connectivity index (χ3n) is 2.85. The predicted octanol–water partition coefficient (Wildman–Crippen LogP) is 2.29. The highest BCUT2D eigenvalue weighted by molar-refractivity contribution is 5.35. The second-order valence-electron chi connectivity index (χ2n) is 3.92. The van der Waals surface area contributed by atoms with E-state index in [1.807, 2.05) is 6.92 Å². The van der Waals surface area contributed by atoms with Crippen molar-refractivity contribution in [2.24, 2.45) is 0 Å². The van der Waals surface area contributed by atoms with Gasteiger partial charge in [0.25, 0.3) is 0 Å². The molecule has 2 atom stereocenters. The lowest BCUT2D eigenvalue weighted by Gasteiger charge is -2.29. The van der Waals surface area contributed by atoms with Gasteiger partial charge in [0.15, 0.2) is 0 Å². The van der Waals surface area contributed by atoms with E-state index in [0.717, 1.165) is 18.4 Å². The number of benzene rings is 1. The molecule has 0 unspecified atom stereocenters. The maximum Gasteiger partial charge on any atom is 0.125 e. The highest BCUT2D eigenvalue weighted by Crippen LogP contribution is 2.29. The van der Waals surface area contributed by atoms with Crippen molar-refractivity contribution in [1.29, 1.82) is 0 Å². The molecule has 2 rings (SSSR count). The fraction of sp³-hybridized carbons (Fsp3) is 0.500. The van der Waals surface area contributed by atoms with Gasteiger partial charge in [-0.1, -0.05) is 6.92 Å². The number of rotatable bonds is 2. The molecule has 2 nitrogen and oxygen atoms in total. The second kappa shape index (κ2) is 4.19. The van der Waals surface area contributed by atoms with E-state index in [9.17, 15) is 9.50 Å². The van der Waals surface area contributed by atoms with Crippen LogP contribution < -0.4 is 4.74 Å². The number of halogens is 1. The third-order valence-corrected chi connectivity index (χ3v) is 2.85. The summed E-state index contributed by atoms with van der Waals surface area (Å²) < 4.78 is 18.5. The first-order valence-electron chi connectivity index (χ1n) is 5.34. The van der Waals surface area contributed by atoms with Crippen LogP contribution >= 0.6 is 0 Å². The van der Waals surface area contributed by atoms with Gasteiger partial charge in [-0.05, 0) is 43.0 Å². The quantitative estimate of drug-likeness (QED) is 0.811. The van der Waals surface area contributed by atoms with Gasteiger partial charge in [-0.15, -0.1) is 0 Å². The maximum absolute atomic E-state index is 12.9. The molecule has 0 aromatic heterocycles. The minimum Gasteiger partial charge on any atom is -0.487 e. The lowest BCUT2D eigenvalue weighted by Crippen LogP contribution is -2.34. The molecule has 3 heteroatoms. The van der Waals surface area contributed by atoms with Crippen LogP contribution in [0.4, 0.5) is 4.39 Å². The van der Waals surface area contributed by atoms with E-state index in [2.05, 4.69) is 0 Å². The van der Waals surface area contributed by atoms with Crippen LogP contribution in [0.5, 0.6) is 5.75 Å². The summed E-state index contributed by atoms with van der Waals surface area (Å²) in [5.74, 6) is 0.479. The Labute approximate surface area is 88.7 Å². The number of aryl methyl sites for hydroxylation is 1. The molecule has 0 saturated carbocycles. The van der Waals surface area contributed by atoms with Crippen molar-refractivity contribution in [3.63, 3.8) is 0 Å². The normalized spacial score (nSPS) is 21.7. The number of aliphatic hydroxyl groups is 1. The monoisotopic (exact) mass is 210 g/mol. The van der Waals surface area contributed by atoms with E-state index in [4.69, 9.17) is 4.74 Å². The molecule has 1 N–H and O–H groups in total. The number of aliphatic hydroxyl groups excluding tert-OH is 1. The van der Waals surface area contributed by atoms with Crippen molar-refractivity contribution < 1.29 is 14.2 Å². The van der Waals surface area contributed by atoms with E-state index in [1.165, 1.54) is 12.1 Å². The van der Waals surface area contributed by atoms with Gasteiger partial charge in [0.1, 0.15) is 17.7 Å². The Morgan fingerprint density at radius 2 is 2.40 bits per heavy atom. The van der Waals surface area contributed by atoms with Crippen molar-refractivity contribution in [1.82, 2.24) is 0 Å². The zero-order chi connectivity index (χ0) is 10.8. The van der Waals surface area contributed by atoms with Crippen LogP contribution in [0.1, 0.15) is 25.3 Å². The summed E-state index contributed by atoms with van der Waals surface area (Å²) in [6.07, 6.45) is 1.64. The molecule has 0 amide bonds. The highest BCUT2D eigenvalue weighted by Gasteiger charge is 2.25. The Morgan fingerprint density at radius 3 is 3.13 bits per heavy atom. The predicted molar refractivity (Wildman–Crippen MR) is 55.4 cm³/mol. The average molecular weight is 210 g/mol. The first kappa shape index (κ1) is 10.4. The Hall–Kier alpha value is -1.09. The fourth-order valence-electron chi connectivity index (χ4n) is 1.91. The van der Waals surface area contributed by atoms with Gasteiger partial charge in [-0.25, -0.2) is 4.39 Å². The van der Waals surface area contributed by atoms with Crippen LogP contribution in [-0.4, -0.2) is 17.3 Å². The summed E-state index contributed by atoms with van der Waals surface area (Å²) in [6, 6.07) is 4.53. The number of hydrogen-bond acceptors (Lipinski definition) is 2. The molecular formula is C12H15FO2. The largest absolute Gasteiger partial charge is 0.487 e. The van der Waals surface area contributed by atoms with Crippen LogP contribution in [0.25, 0.3) is 0 Å². The summed E-state index contributed by atoms with van der Waals surface area (Å²) in [7, 11) is 0. The third kappa shape index (κ3) is 2.12. The molecule has 1 aromatic rings. The van der Waals surface area contributed by atoms with Crippen LogP contribution in [0.3, 0.4) is 0 Å². The molecule has 0 fully saturated rings. The minimum atomic E-state index is -0.428. The lowest BCUT2D eigenvalue weighted by molar-refractivity contribution is 0.0219. The summed E-state index contributed by atoms with van der Waals surface area (Å²) >= 11 is 0. The fourth-order valence-corrected chi connectivity index (χ4v) is 1.91. The van der Waals surface area contributed by atoms with Crippen molar-refractivity contribution in [3.8, 4) is 5.75 Å². The summed E-state index contributed by atoms with van der Waals surface area (Å²) in [5.41, 5.74) is 0.898. The molecule has 0 spiro atoms. The molecule has 15 heavy (non-hydrogen) atoms. The van der Waals surface area contributed by atoms with Crippen LogP contribution in [0.2, 0.25) is 0 Å². The van der Waals surface area contributed by atoms with Crippen LogP contribution in [0.15, 0.2) is 18.2 Å². The molecule has 0 saturated heterocycles.